The van der Waals surface area contributed by atoms with Gasteiger partial charge in [0.1, 0.15) is 11.5 Å². The Balaban J connectivity index is 1.81. The molecule has 3 aliphatic heterocycles. The normalized spacial score (nSPS) is 25.3. The van der Waals surface area contributed by atoms with Crippen LogP contribution in [0.3, 0.4) is 0 Å². The summed E-state index contributed by atoms with van der Waals surface area (Å²) < 4.78 is 1.48. The zero-order chi connectivity index (χ0) is 22.2. The highest BCUT2D eigenvalue weighted by Crippen LogP contribution is 2.48. The molecule has 9 heteroatoms. The molecule has 3 aliphatic rings. The standard InChI is InChI=1S/C22H25N5O4/c1-12-7-9-26-15(10-12)22(19(29)24(3)21(31)25(4)20(22)30)11-14-17(26)23-16-13(2)6-5-8-27(16)18(14)28/h5-6,8,12,15H,7,9-11H2,1-4H3. The van der Waals surface area contributed by atoms with Gasteiger partial charge in [0.05, 0.1) is 11.6 Å². The Morgan fingerprint density at radius 1 is 1.10 bits per heavy atom. The van der Waals surface area contributed by atoms with E-state index in [2.05, 4.69) is 6.92 Å². The lowest BCUT2D eigenvalue weighted by Crippen LogP contribution is -2.72. The minimum Gasteiger partial charge on any atom is -0.352 e. The number of hydrogen-bond acceptors (Lipinski definition) is 6. The highest BCUT2D eigenvalue weighted by molar-refractivity contribution is 6.20. The van der Waals surface area contributed by atoms with Crippen LogP contribution in [0.25, 0.3) is 5.65 Å². The maximum absolute atomic E-state index is 13.6. The van der Waals surface area contributed by atoms with Crippen LogP contribution in [0.2, 0.25) is 0 Å². The number of aromatic nitrogens is 2. The lowest BCUT2D eigenvalue weighted by Gasteiger charge is -2.54. The number of pyridine rings is 1. The molecule has 0 bridgehead atoms. The molecule has 2 fully saturated rings. The number of carbonyl (C=O) groups excluding carboxylic acids is 3. The largest absolute Gasteiger partial charge is 0.352 e. The van der Waals surface area contributed by atoms with Gasteiger partial charge in [0.25, 0.3) is 5.56 Å². The van der Waals surface area contributed by atoms with Crippen LogP contribution in [0.1, 0.15) is 30.9 Å². The number of amides is 4. The van der Waals surface area contributed by atoms with E-state index < -0.39 is 29.3 Å². The molecule has 0 radical (unpaired) electrons. The summed E-state index contributed by atoms with van der Waals surface area (Å²) in [5.74, 6) is -0.213. The summed E-state index contributed by atoms with van der Waals surface area (Å²) in [5, 5.41) is 0. The summed E-state index contributed by atoms with van der Waals surface area (Å²) in [7, 11) is 2.80. The number of urea groups is 1. The fourth-order valence-electron chi connectivity index (χ4n) is 5.50. The molecule has 2 aromatic heterocycles. The van der Waals surface area contributed by atoms with E-state index in [1.54, 1.807) is 12.3 Å². The van der Waals surface area contributed by atoms with Crippen molar-refractivity contribution < 1.29 is 14.4 Å². The molecule has 0 aromatic carbocycles. The molecule has 2 atom stereocenters. The van der Waals surface area contributed by atoms with Gasteiger partial charge >= 0.3 is 6.03 Å². The Kier molecular flexibility index (Phi) is 4.06. The molecular formula is C22H25N5O4. The lowest BCUT2D eigenvalue weighted by atomic mass is 9.65. The van der Waals surface area contributed by atoms with Gasteiger partial charge < -0.3 is 4.90 Å². The topological polar surface area (TPSA) is 95.3 Å². The third kappa shape index (κ3) is 2.40. The predicted octanol–water partition coefficient (Wildman–Crippen LogP) is 1.20. The quantitative estimate of drug-likeness (QED) is 0.591. The molecule has 5 rings (SSSR count). The molecule has 4 amide bonds. The molecule has 0 aliphatic carbocycles. The van der Waals surface area contributed by atoms with E-state index in [9.17, 15) is 19.2 Å². The molecular weight excluding hydrogens is 398 g/mol. The monoisotopic (exact) mass is 423 g/mol. The van der Waals surface area contributed by atoms with Crippen LogP contribution >= 0.6 is 0 Å². The molecule has 0 N–H and O–H groups in total. The van der Waals surface area contributed by atoms with Crippen molar-refractivity contribution in [3.63, 3.8) is 0 Å². The van der Waals surface area contributed by atoms with Crippen LogP contribution in [-0.4, -0.2) is 63.7 Å². The molecule has 2 aromatic rings. The summed E-state index contributed by atoms with van der Waals surface area (Å²) in [6, 6.07) is 2.57. The van der Waals surface area contributed by atoms with E-state index in [0.717, 1.165) is 21.8 Å². The summed E-state index contributed by atoms with van der Waals surface area (Å²) in [5.41, 5.74) is 0.0114. The van der Waals surface area contributed by atoms with Crippen molar-refractivity contribution in [2.75, 3.05) is 25.5 Å². The molecule has 162 valence electrons. The van der Waals surface area contributed by atoms with Crippen LogP contribution < -0.4 is 10.5 Å². The number of anilines is 1. The molecule has 5 heterocycles. The third-order valence-corrected chi connectivity index (χ3v) is 7.23. The second-order valence-electron chi connectivity index (χ2n) is 9.10. The Bertz CT molecular complexity index is 1190. The van der Waals surface area contributed by atoms with Gasteiger partial charge in [-0.1, -0.05) is 13.0 Å². The van der Waals surface area contributed by atoms with Crippen molar-refractivity contribution in [1.29, 1.82) is 0 Å². The van der Waals surface area contributed by atoms with Crippen molar-refractivity contribution in [2.24, 2.45) is 11.3 Å². The summed E-state index contributed by atoms with van der Waals surface area (Å²) >= 11 is 0. The summed E-state index contributed by atoms with van der Waals surface area (Å²) in [4.78, 5) is 61.9. The van der Waals surface area contributed by atoms with Crippen LogP contribution in [0.15, 0.2) is 23.1 Å². The number of piperidine rings is 1. The Labute approximate surface area is 179 Å². The molecule has 1 spiro atoms. The second kappa shape index (κ2) is 6.38. The average molecular weight is 423 g/mol. The number of fused-ring (bicyclic) bond motifs is 5. The fraction of sp³-hybridized carbons (Fsp3) is 0.500. The highest BCUT2D eigenvalue weighted by atomic mass is 16.2. The van der Waals surface area contributed by atoms with Gasteiger partial charge in [0, 0.05) is 33.3 Å². The van der Waals surface area contributed by atoms with Crippen LogP contribution in [0.4, 0.5) is 10.6 Å². The van der Waals surface area contributed by atoms with Crippen molar-refractivity contribution >= 4 is 29.3 Å². The smallest absolute Gasteiger partial charge is 0.332 e. The SMILES string of the molecule is Cc1cccn2c(=O)c3c(nc12)N1CCC(C)CC1C1(C3)C(=O)N(C)C(=O)N(C)C1=O. The fourth-order valence-corrected chi connectivity index (χ4v) is 5.50. The minimum absolute atomic E-state index is 0.0570. The first kappa shape index (κ1) is 19.7. The number of rotatable bonds is 0. The number of hydrogen-bond donors (Lipinski definition) is 0. The minimum atomic E-state index is -1.52. The van der Waals surface area contributed by atoms with Gasteiger partial charge in [-0.15, -0.1) is 0 Å². The van der Waals surface area contributed by atoms with Gasteiger partial charge in [-0.2, -0.15) is 0 Å². The third-order valence-electron chi connectivity index (χ3n) is 7.23. The molecule has 0 saturated carbocycles. The zero-order valence-electron chi connectivity index (χ0n) is 18.1. The van der Waals surface area contributed by atoms with Gasteiger partial charge in [-0.25, -0.2) is 9.78 Å². The predicted molar refractivity (Wildman–Crippen MR) is 113 cm³/mol. The van der Waals surface area contributed by atoms with E-state index in [-0.39, 0.29) is 12.0 Å². The maximum Gasteiger partial charge on any atom is 0.332 e. The van der Waals surface area contributed by atoms with Crippen molar-refractivity contribution in [3.8, 4) is 0 Å². The van der Waals surface area contributed by atoms with E-state index in [1.807, 2.05) is 17.9 Å². The molecule has 9 nitrogen and oxygen atoms in total. The Hall–Kier alpha value is -3.23. The number of nitrogens with zero attached hydrogens (tertiary/aromatic N) is 5. The number of aryl methyl sites for hydroxylation is 1. The summed E-state index contributed by atoms with van der Waals surface area (Å²) in [6.07, 6.45) is 3.08. The van der Waals surface area contributed by atoms with Gasteiger partial charge in [-0.05, 0) is 37.3 Å². The van der Waals surface area contributed by atoms with Gasteiger partial charge in [0.2, 0.25) is 11.8 Å². The number of imide groups is 2. The molecule has 2 unspecified atom stereocenters. The number of carbonyl (C=O) groups is 3. The first-order valence-electron chi connectivity index (χ1n) is 10.6. The first-order chi connectivity index (χ1) is 14.7. The highest BCUT2D eigenvalue weighted by Gasteiger charge is 2.64. The van der Waals surface area contributed by atoms with E-state index in [1.165, 1.54) is 18.5 Å². The van der Waals surface area contributed by atoms with Crippen LogP contribution in [-0.2, 0) is 16.0 Å². The van der Waals surface area contributed by atoms with Gasteiger partial charge in [0.15, 0.2) is 5.41 Å². The Morgan fingerprint density at radius 3 is 2.45 bits per heavy atom. The zero-order valence-corrected chi connectivity index (χ0v) is 18.1. The molecule has 31 heavy (non-hydrogen) atoms. The lowest BCUT2D eigenvalue weighted by molar-refractivity contribution is -0.160. The average Bonchev–Trinajstić information content (AvgIpc) is 2.76. The van der Waals surface area contributed by atoms with Crippen molar-refractivity contribution in [2.45, 2.75) is 39.2 Å². The van der Waals surface area contributed by atoms with Crippen molar-refractivity contribution in [3.05, 3.63) is 39.8 Å². The van der Waals surface area contributed by atoms with Crippen LogP contribution in [0.5, 0.6) is 0 Å². The first-order valence-corrected chi connectivity index (χ1v) is 10.6. The summed E-state index contributed by atoms with van der Waals surface area (Å²) in [6.45, 7) is 4.60. The number of barbiturate groups is 1. The van der Waals surface area contributed by atoms with Gasteiger partial charge in [-0.3, -0.25) is 28.6 Å². The van der Waals surface area contributed by atoms with E-state index in [4.69, 9.17) is 4.98 Å². The van der Waals surface area contributed by atoms with E-state index in [0.29, 0.717) is 35.9 Å². The van der Waals surface area contributed by atoms with Crippen LogP contribution in [0, 0.1) is 18.3 Å². The Morgan fingerprint density at radius 2 is 1.77 bits per heavy atom. The maximum atomic E-state index is 13.6. The second-order valence-corrected chi connectivity index (χ2v) is 9.10. The van der Waals surface area contributed by atoms with Crippen molar-refractivity contribution in [1.82, 2.24) is 19.2 Å². The molecule has 2 saturated heterocycles. The van der Waals surface area contributed by atoms with E-state index >= 15 is 0 Å².